The molecule has 0 amide bonds. The molecule has 0 saturated heterocycles. The van der Waals surface area contributed by atoms with Crippen LogP contribution in [0.25, 0.3) is 0 Å². The van der Waals surface area contributed by atoms with Crippen LogP contribution in [0.3, 0.4) is 0 Å². The van der Waals surface area contributed by atoms with Crippen LogP contribution in [-0.2, 0) is 0 Å². The van der Waals surface area contributed by atoms with Crippen LogP contribution in [0.15, 0.2) is 12.7 Å². The molecule has 0 fully saturated rings. The highest BCUT2D eigenvalue weighted by Gasteiger charge is 2.22. The van der Waals surface area contributed by atoms with Crippen LogP contribution in [-0.4, -0.2) is 10.7 Å². The molecular weight excluding hydrogens is 126 g/mol. The fourth-order valence-corrected chi connectivity index (χ4v) is 0.856. The summed E-state index contributed by atoms with van der Waals surface area (Å²) in [5, 5.41) is 17.9. The van der Waals surface area contributed by atoms with Crippen molar-refractivity contribution in [1.82, 2.24) is 0 Å². The van der Waals surface area contributed by atoms with E-state index in [0.717, 1.165) is 6.42 Å². The highest BCUT2D eigenvalue weighted by atomic mass is 16.3. The van der Waals surface area contributed by atoms with Gasteiger partial charge in [0, 0.05) is 6.42 Å². The maximum Gasteiger partial charge on any atom is 0.154 e. The molecule has 0 rings (SSSR count). The smallest absolute Gasteiger partial charge is 0.154 e. The molecule has 10 heavy (non-hydrogen) atoms. The number of hydrogen-bond donors (Lipinski definition) is 1. The van der Waals surface area contributed by atoms with Crippen molar-refractivity contribution >= 4 is 0 Å². The van der Waals surface area contributed by atoms with E-state index >= 15 is 0 Å². The number of nitrogens with zero attached hydrogens (tertiary/aromatic N) is 1. The monoisotopic (exact) mass is 139 g/mol. The first-order chi connectivity index (χ1) is 4.68. The zero-order valence-electron chi connectivity index (χ0n) is 6.30. The van der Waals surface area contributed by atoms with Crippen molar-refractivity contribution in [2.75, 3.05) is 0 Å². The maximum absolute atomic E-state index is 9.39. The third-order valence-electron chi connectivity index (χ3n) is 1.35. The molecule has 0 bridgehead atoms. The second kappa shape index (κ2) is 4.08. The van der Waals surface area contributed by atoms with Crippen molar-refractivity contribution in [2.24, 2.45) is 0 Å². The van der Waals surface area contributed by atoms with Crippen LogP contribution in [0.2, 0.25) is 0 Å². The lowest BCUT2D eigenvalue weighted by Gasteiger charge is -2.16. The van der Waals surface area contributed by atoms with Crippen LogP contribution in [0.5, 0.6) is 0 Å². The molecule has 1 N–H and O–H groups in total. The maximum atomic E-state index is 9.39. The number of rotatable bonds is 4. The Morgan fingerprint density at radius 3 is 2.70 bits per heavy atom. The Morgan fingerprint density at radius 2 is 2.40 bits per heavy atom. The summed E-state index contributed by atoms with van der Waals surface area (Å²) in [6.45, 7) is 5.40. The fourth-order valence-electron chi connectivity index (χ4n) is 0.856. The highest BCUT2D eigenvalue weighted by molar-refractivity contribution is 5.03. The molecule has 0 aromatic rings. The molecule has 56 valence electrons. The summed E-state index contributed by atoms with van der Waals surface area (Å²) in [4.78, 5) is 0. The van der Waals surface area contributed by atoms with Gasteiger partial charge in [-0.3, -0.25) is 0 Å². The summed E-state index contributed by atoms with van der Waals surface area (Å²) >= 11 is 0. The van der Waals surface area contributed by atoms with Gasteiger partial charge in [-0.15, -0.1) is 6.58 Å². The van der Waals surface area contributed by atoms with E-state index in [1.54, 1.807) is 6.08 Å². The first-order valence-electron chi connectivity index (χ1n) is 3.43. The molecule has 0 aromatic carbocycles. The molecule has 0 aromatic heterocycles. The lowest BCUT2D eigenvalue weighted by Crippen LogP contribution is -2.24. The summed E-state index contributed by atoms with van der Waals surface area (Å²) in [7, 11) is 0. The largest absolute Gasteiger partial charge is 0.375 e. The van der Waals surface area contributed by atoms with Gasteiger partial charge in [0.05, 0.1) is 6.07 Å². The lowest BCUT2D eigenvalue weighted by atomic mass is 9.96. The Morgan fingerprint density at radius 1 is 1.80 bits per heavy atom. The van der Waals surface area contributed by atoms with Crippen molar-refractivity contribution in [3.05, 3.63) is 12.7 Å². The van der Waals surface area contributed by atoms with Crippen LogP contribution in [0, 0.1) is 11.3 Å². The van der Waals surface area contributed by atoms with E-state index in [0.29, 0.717) is 12.8 Å². The molecule has 2 heteroatoms. The summed E-state index contributed by atoms with van der Waals surface area (Å²) < 4.78 is 0. The molecule has 0 aliphatic carbocycles. The average Bonchev–Trinajstić information content (AvgIpc) is 1.89. The molecule has 0 unspecified atom stereocenters. The van der Waals surface area contributed by atoms with E-state index < -0.39 is 5.60 Å². The van der Waals surface area contributed by atoms with Gasteiger partial charge in [-0.2, -0.15) is 5.26 Å². The standard InChI is InChI=1S/C8H13NO/c1-3-5-8(10,7-9)6-4-2/h3,10H,1,4-6H2,2H3/t8-/m1/s1. The lowest BCUT2D eigenvalue weighted by molar-refractivity contribution is 0.0919. The van der Waals surface area contributed by atoms with E-state index in [2.05, 4.69) is 6.58 Å². The molecule has 0 heterocycles. The molecule has 0 aliphatic heterocycles. The number of nitriles is 1. The first-order valence-corrected chi connectivity index (χ1v) is 3.43. The minimum atomic E-state index is -1.17. The second-order valence-electron chi connectivity index (χ2n) is 2.39. The fraction of sp³-hybridized carbons (Fsp3) is 0.625. The quantitative estimate of drug-likeness (QED) is 0.475. The molecule has 2 nitrogen and oxygen atoms in total. The Balaban J connectivity index is 3.97. The number of aliphatic hydroxyl groups is 1. The summed E-state index contributed by atoms with van der Waals surface area (Å²) in [5.41, 5.74) is -1.17. The topological polar surface area (TPSA) is 44.0 Å². The predicted octanol–water partition coefficient (Wildman–Crippen LogP) is 1.62. The van der Waals surface area contributed by atoms with Crippen LogP contribution >= 0.6 is 0 Å². The normalized spacial score (nSPS) is 15.3. The molecule has 0 saturated carbocycles. The van der Waals surface area contributed by atoms with Gasteiger partial charge in [-0.05, 0) is 6.42 Å². The Labute approximate surface area is 61.8 Å². The zero-order chi connectivity index (χ0) is 8.04. The van der Waals surface area contributed by atoms with E-state index in [1.807, 2.05) is 13.0 Å². The van der Waals surface area contributed by atoms with Gasteiger partial charge in [0.15, 0.2) is 5.60 Å². The van der Waals surface area contributed by atoms with Gasteiger partial charge in [-0.25, -0.2) is 0 Å². The first kappa shape index (κ1) is 9.19. The van der Waals surface area contributed by atoms with E-state index in [1.165, 1.54) is 0 Å². The van der Waals surface area contributed by atoms with Gasteiger partial charge < -0.3 is 5.11 Å². The highest BCUT2D eigenvalue weighted by Crippen LogP contribution is 2.15. The van der Waals surface area contributed by atoms with E-state index in [4.69, 9.17) is 5.26 Å². The average molecular weight is 139 g/mol. The van der Waals surface area contributed by atoms with Crippen molar-refractivity contribution in [2.45, 2.75) is 31.8 Å². The predicted molar refractivity (Wildman–Crippen MR) is 40.3 cm³/mol. The summed E-state index contributed by atoms with van der Waals surface area (Å²) in [6, 6.07) is 1.86. The van der Waals surface area contributed by atoms with Crippen molar-refractivity contribution in [3.8, 4) is 6.07 Å². The van der Waals surface area contributed by atoms with Gasteiger partial charge in [0.25, 0.3) is 0 Å². The SMILES string of the molecule is C=CC[C@](O)(C#N)CCC. The third kappa shape index (κ3) is 2.65. The van der Waals surface area contributed by atoms with Crippen molar-refractivity contribution in [1.29, 1.82) is 5.26 Å². The van der Waals surface area contributed by atoms with Crippen LogP contribution in [0.1, 0.15) is 26.2 Å². The van der Waals surface area contributed by atoms with Gasteiger partial charge in [0.1, 0.15) is 0 Å². The minimum absolute atomic E-state index is 0.358. The van der Waals surface area contributed by atoms with Gasteiger partial charge in [0.2, 0.25) is 0 Å². The third-order valence-corrected chi connectivity index (χ3v) is 1.35. The minimum Gasteiger partial charge on any atom is -0.375 e. The van der Waals surface area contributed by atoms with E-state index in [-0.39, 0.29) is 0 Å². The zero-order valence-corrected chi connectivity index (χ0v) is 6.30. The summed E-state index contributed by atoms with van der Waals surface area (Å²) in [5.74, 6) is 0. The van der Waals surface area contributed by atoms with Crippen molar-refractivity contribution in [3.63, 3.8) is 0 Å². The molecule has 0 aliphatic rings. The Hall–Kier alpha value is -0.810. The van der Waals surface area contributed by atoms with Crippen LogP contribution < -0.4 is 0 Å². The Kier molecular flexibility index (Phi) is 3.75. The molecular formula is C8H13NO. The van der Waals surface area contributed by atoms with Gasteiger partial charge >= 0.3 is 0 Å². The second-order valence-corrected chi connectivity index (χ2v) is 2.39. The summed E-state index contributed by atoms with van der Waals surface area (Å²) in [6.07, 6.45) is 3.27. The van der Waals surface area contributed by atoms with Crippen molar-refractivity contribution < 1.29 is 5.11 Å². The number of hydrogen-bond acceptors (Lipinski definition) is 2. The molecule has 0 spiro atoms. The molecule has 0 radical (unpaired) electrons. The molecule has 1 atom stereocenters. The van der Waals surface area contributed by atoms with E-state index in [9.17, 15) is 5.11 Å². The van der Waals surface area contributed by atoms with Gasteiger partial charge in [-0.1, -0.05) is 19.4 Å². The Bertz CT molecular complexity index is 148. The van der Waals surface area contributed by atoms with Crippen LogP contribution in [0.4, 0.5) is 0 Å².